The van der Waals surface area contributed by atoms with Crippen molar-refractivity contribution in [1.29, 1.82) is 0 Å². The third-order valence-electron chi connectivity index (χ3n) is 6.20. The predicted octanol–water partition coefficient (Wildman–Crippen LogP) is 3.85. The fourth-order valence-electron chi connectivity index (χ4n) is 4.50. The van der Waals surface area contributed by atoms with Crippen molar-refractivity contribution in [3.63, 3.8) is 0 Å². The second kappa shape index (κ2) is 12.7. The number of ketones is 1. The Kier molecular flexibility index (Phi) is 10.3. The molecule has 32 heavy (non-hydrogen) atoms. The van der Waals surface area contributed by atoms with Crippen LogP contribution in [0.2, 0.25) is 0 Å². The molecule has 0 aromatic heterocycles. The summed E-state index contributed by atoms with van der Waals surface area (Å²) in [7, 11) is 0. The van der Waals surface area contributed by atoms with Gasteiger partial charge in [0, 0.05) is 34.7 Å². The summed E-state index contributed by atoms with van der Waals surface area (Å²) in [4.78, 5) is 26.9. The second-order valence-electron chi connectivity index (χ2n) is 8.48. The molecule has 1 aromatic carbocycles. The minimum absolute atomic E-state index is 0.0360. The maximum Gasteiger partial charge on any atom is 0.233 e. The van der Waals surface area contributed by atoms with Crippen LogP contribution < -0.4 is 5.73 Å². The van der Waals surface area contributed by atoms with E-state index in [1.807, 2.05) is 18.2 Å². The predicted molar refractivity (Wildman–Crippen MR) is 132 cm³/mol. The molecule has 2 rings (SSSR count). The zero-order chi connectivity index (χ0) is 23.7. The number of allylic oxidation sites excluding steroid dienone is 1. The first-order chi connectivity index (χ1) is 15.3. The summed E-state index contributed by atoms with van der Waals surface area (Å²) in [5.41, 5.74) is 9.08. The Labute approximate surface area is 196 Å². The number of carbonyl (C=O) groups excluding carboxylic acids is 2. The van der Waals surface area contributed by atoms with E-state index in [-0.39, 0.29) is 30.4 Å². The Balaban J connectivity index is 2.10. The topological polar surface area (TPSA) is 83.6 Å². The monoisotopic (exact) mass is 456 g/mol. The molecule has 1 heterocycles. The number of thioether (sulfide) groups is 1. The summed E-state index contributed by atoms with van der Waals surface area (Å²) in [5.74, 6) is 7.04. The molecule has 1 aliphatic heterocycles. The number of amides is 1. The number of hydrogen-bond acceptors (Lipinski definition) is 5. The van der Waals surface area contributed by atoms with E-state index in [4.69, 9.17) is 10.8 Å². The molecule has 1 fully saturated rings. The van der Waals surface area contributed by atoms with Gasteiger partial charge < -0.3 is 15.7 Å². The third-order valence-corrected chi connectivity index (χ3v) is 7.14. The van der Waals surface area contributed by atoms with Crippen molar-refractivity contribution < 1.29 is 14.7 Å². The van der Waals surface area contributed by atoms with Gasteiger partial charge in [-0.2, -0.15) is 0 Å². The largest absolute Gasteiger partial charge is 0.402 e. The van der Waals surface area contributed by atoms with Crippen molar-refractivity contribution in [3.8, 4) is 11.8 Å². The van der Waals surface area contributed by atoms with E-state index >= 15 is 0 Å². The van der Waals surface area contributed by atoms with E-state index < -0.39 is 0 Å². The molecule has 0 bridgehead atoms. The highest BCUT2D eigenvalue weighted by Crippen LogP contribution is 2.35. The number of likely N-dealkylation sites (tertiary alicyclic amines) is 1. The van der Waals surface area contributed by atoms with E-state index in [0.717, 1.165) is 31.2 Å². The molecule has 6 heteroatoms. The minimum Gasteiger partial charge on any atom is -0.402 e. The van der Waals surface area contributed by atoms with Gasteiger partial charge in [0.2, 0.25) is 5.91 Å². The summed E-state index contributed by atoms with van der Waals surface area (Å²) in [6.45, 7) is 7.38. The quantitative estimate of drug-likeness (QED) is 0.436. The number of aliphatic hydroxyl groups excluding tert-OH is 1. The van der Waals surface area contributed by atoms with Crippen LogP contribution in [0.15, 0.2) is 35.5 Å². The number of benzene rings is 1. The van der Waals surface area contributed by atoms with Gasteiger partial charge in [-0.05, 0) is 64.0 Å². The lowest BCUT2D eigenvalue weighted by molar-refractivity contribution is -0.131. The number of rotatable bonds is 9. The Morgan fingerprint density at radius 2 is 1.97 bits per heavy atom. The molecule has 1 amide bonds. The maximum atomic E-state index is 13.1. The van der Waals surface area contributed by atoms with Gasteiger partial charge in [0.25, 0.3) is 0 Å². The Morgan fingerprint density at radius 1 is 1.25 bits per heavy atom. The Hall–Kier alpha value is -2.23. The van der Waals surface area contributed by atoms with Crippen LogP contribution in [0.25, 0.3) is 0 Å². The van der Waals surface area contributed by atoms with E-state index in [9.17, 15) is 9.59 Å². The van der Waals surface area contributed by atoms with Crippen molar-refractivity contribution >= 4 is 23.5 Å². The average molecular weight is 457 g/mol. The van der Waals surface area contributed by atoms with E-state index in [0.29, 0.717) is 28.7 Å². The smallest absolute Gasteiger partial charge is 0.233 e. The number of Topliss-reactive ketones (excluding diaryl/α,β-unsaturated/α-hetero) is 1. The molecule has 1 saturated heterocycles. The van der Waals surface area contributed by atoms with Crippen LogP contribution >= 0.6 is 11.8 Å². The van der Waals surface area contributed by atoms with Crippen molar-refractivity contribution in [1.82, 2.24) is 4.90 Å². The van der Waals surface area contributed by atoms with E-state index in [1.165, 1.54) is 24.2 Å². The minimum atomic E-state index is -0.157. The number of aliphatic hydroxyl groups is 1. The van der Waals surface area contributed by atoms with Crippen LogP contribution in [0.5, 0.6) is 0 Å². The fraction of sp³-hybridized carbons (Fsp3) is 0.538. The lowest BCUT2D eigenvalue weighted by atomic mass is 9.86. The average Bonchev–Trinajstić information content (AvgIpc) is 3.13. The molecular formula is C26H36N2O3S. The Bertz CT molecular complexity index is 896. The van der Waals surface area contributed by atoms with Crippen LogP contribution in [0.3, 0.4) is 0 Å². The summed E-state index contributed by atoms with van der Waals surface area (Å²) >= 11 is 1.46. The summed E-state index contributed by atoms with van der Waals surface area (Å²) < 4.78 is 0. The molecule has 0 saturated carbocycles. The SMILES string of the molecule is CCC(CC1CCC(C)N1C(=O)CSCC(C(C)=O)=C(C)N)c1ccccc1C#CCO. The van der Waals surface area contributed by atoms with Gasteiger partial charge in [-0.15, -0.1) is 11.8 Å². The van der Waals surface area contributed by atoms with Gasteiger partial charge in [-0.1, -0.05) is 37.0 Å². The lowest BCUT2D eigenvalue weighted by Gasteiger charge is -2.31. The van der Waals surface area contributed by atoms with Gasteiger partial charge in [-0.3, -0.25) is 9.59 Å². The van der Waals surface area contributed by atoms with Crippen molar-refractivity contribution in [2.24, 2.45) is 5.73 Å². The molecule has 174 valence electrons. The van der Waals surface area contributed by atoms with E-state index in [1.54, 1.807) is 6.92 Å². The van der Waals surface area contributed by atoms with Gasteiger partial charge in [0.05, 0.1) is 5.75 Å². The van der Waals surface area contributed by atoms with Crippen molar-refractivity contribution in [2.75, 3.05) is 18.1 Å². The highest BCUT2D eigenvalue weighted by atomic mass is 32.2. The van der Waals surface area contributed by atoms with Crippen molar-refractivity contribution in [2.45, 2.75) is 71.4 Å². The van der Waals surface area contributed by atoms with Crippen LogP contribution in [0, 0.1) is 11.8 Å². The highest BCUT2D eigenvalue weighted by Gasteiger charge is 2.35. The molecular weight excluding hydrogens is 420 g/mol. The molecule has 1 aliphatic rings. The van der Waals surface area contributed by atoms with E-state index in [2.05, 4.69) is 36.7 Å². The first-order valence-electron chi connectivity index (χ1n) is 11.3. The molecule has 3 N–H and O–H groups in total. The number of nitrogens with zero attached hydrogens (tertiary/aromatic N) is 1. The third kappa shape index (κ3) is 6.88. The fourth-order valence-corrected chi connectivity index (χ4v) is 5.56. The molecule has 0 spiro atoms. The molecule has 1 aromatic rings. The van der Waals surface area contributed by atoms with Gasteiger partial charge in [0.1, 0.15) is 6.61 Å². The van der Waals surface area contributed by atoms with Crippen LogP contribution in [0.4, 0.5) is 0 Å². The number of carbonyl (C=O) groups is 2. The standard InChI is InChI=1S/C26H36N2O3S/c1-5-21(24-11-7-6-9-22(24)10-8-14-29)15-23-13-12-18(2)28(23)26(31)17-32-16-25(19(3)27)20(4)30/h6-7,9,11,18,21,23,29H,5,12-17,27H2,1-4H3. The zero-order valence-corrected chi connectivity index (χ0v) is 20.5. The van der Waals surface area contributed by atoms with Gasteiger partial charge in [-0.25, -0.2) is 0 Å². The van der Waals surface area contributed by atoms with Crippen LogP contribution in [-0.2, 0) is 9.59 Å². The van der Waals surface area contributed by atoms with Crippen LogP contribution in [-0.4, -0.2) is 51.9 Å². The Morgan fingerprint density at radius 3 is 2.59 bits per heavy atom. The van der Waals surface area contributed by atoms with Gasteiger partial charge >= 0.3 is 0 Å². The molecule has 0 aliphatic carbocycles. The van der Waals surface area contributed by atoms with Crippen LogP contribution in [0.1, 0.15) is 70.4 Å². The first kappa shape index (κ1) is 26.0. The summed E-state index contributed by atoms with van der Waals surface area (Å²) in [6, 6.07) is 8.51. The zero-order valence-electron chi connectivity index (χ0n) is 19.7. The second-order valence-corrected chi connectivity index (χ2v) is 9.47. The maximum absolute atomic E-state index is 13.1. The normalized spacial score (nSPS) is 19.7. The molecule has 5 nitrogen and oxygen atoms in total. The molecule has 0 radical (unpaired) electrons. The van der Waals surface area contributed by atoms with Crippen molar-refractivity contribution in [3.05, 3.63) is 46.7 Å². The molecule has 3 atom stereocenters. The first-order valence-corrected chi connectivity index (χ1v) is 12.5. The summed E-state index contributed by atoms with van der Waals surface area (Å²) in [6.07, 6.45) is 3.86. The van der Waals surface area contributed by atoms with Gasteiger partial charge in [0.15, 0.2) is 5.78 Å². The molecule has 3 unspecified atom stereocenters. The lowest BCUT2D eigenvalue weighted by Crippen LogP contribution is -2.41. The number of hydrogen-bond donors (Lipinski definition) is 2. The number of nitrogens with two attached hydrogens (primary N) is 1. The summed E-state index contributed by atoms with van der Waals surface area (Å²) in [5, 5.41) is 9.09. The highest BCUT2D eigenvalue weighted by molar-refractivity contribution is 8.00.